The van der Waals surface area contributed by atoms with Crippen LogP contribution in [0.5, 0.6) is 11.5 Å². The number of rotatable bonds is 8. The SMILES string of the molecule is CCOC(=O)C1=C(C)N=c2sc(=Cc3ccc(N(CC)CC)cc3O)c(=O)n2C1c1ccccc1OC. The first kappa shape index (κ1) is 26.2. The zero-order valence-electron chi connectivity index (χ0n) is 21.6. The Morgan fingerprint density at radius 2 is 1.92 bits per heavy atom. The predicted octanol–water partition coefficient (Wildman–Crippen LogP) is 3.36. The monoisotopic (exact) mass is 521 g/mol. The van der Waals surface area contributed by atoms with Crippen molar-refractivity contribution in [2.45, 2.75) is 33.7 Å². The number of fused-ring (bicyclic) bond motifs is 1. The minimum absolute atomic E-state index is 0.0832. The van der Waals surface area contributed by atoms with Gasteiger partial charge in [0, 0.05) is 36.0 Å². The van der Waals surface area contributed by atoms with E-state index in [1.54, 1.807) is 45.2 Å². The molecule has 0 saturated carbocycles. The Bertz CT molecular complexity index is 1530. The number of phenolic OH excluding ortho intramolecular Hbond substituents is 1. The van der Waals surface area contributed by atoms with Gasteiger partial charge in [0.2, 0.25) is 0 Å². The van der Waals surface area contributed by atoms with Crippen molar-refractivity contribution in [3.05, 3.63) is 84.5 Å². The van der Waals surface area contributed by atoms with Crippen molar-refractivity contribution in [1.82, 2.24) is 4.57 Å². The van der Waals surface area contributed by atoms with Gasteiger partial charge in [0.1, 0.15) is 17.5 Å². The number of para-hydroxylation sites is 1. The maximum absolute atomic E-state index is 13.8. The number of aromatic nitrogens is 1. The van der Waals surface area contributed by atoms with E-state index in [1.807, 2.05) is 24.3 Å². The highest BCUT2D eigenvalue weighted by atomic mass is 32.1. The Kier molecular flexibility index (Phi) is 7.83. The zero-order chi connectivity index (χ0) is 26.7. The summed E-state index contributed by atoms with van der Waals surface area (Å²) in [5, 5.41) is 10.7. The number of thiazole rings is 1. The summed E-state index contributed by atoms with van der Waals surface area (Å²) >= 11 is 1.21. The maximum atomic E-state index is 13.8. The zero-order valence-corrected chi connectivity index (χ0v) is 22.5. The lowest BCUT2D eigenvalue weighted by Crippen LogP contribution is -2.40. The largest absolute Gasteiger partial charge is 0.507 e. The number of methoxy groups -OCH3 is 1. The molecule has 3 aromatic rings. The summed E-state index contributed by atoms with van der Waals surface area (Å²) in [5.41, 5.74) is 2.54. The molecule has 4 rings (SSSR count). The van der Waals surface area contributed by atoms with Gasteiger partial charge in [-0.3, -0.25) is 9.36 Å². The molecule has 0 aliphatic carbocycles. The smallest absolute Gasteiger partial charge is 0.338 e. The van der Waals surface area contributed by atoms with Crippen molar-refractivity contribution < 1.29 is 19.4 Å². The van der Waals surface area contributed by atoms with Crippen LogP contribution in [0.3, 0.4) is 0 Å². The summed E-state index contributed by atoms with van der Waals surface area (Å²) in [4.78, 5) is 34.0. The predicted molar refractivity (Wildman–Crippen MR) is 145 cm³/mol. The van der Waals surface area contributed by atoms with Crippen LogP contribution in [-0.2, 0) is 9.53 Å². The molecule has 2 aromatic carbocycles. The van der Waals surface area contributed by atoms with Gasteiger partial charge in [-0.15, -0.1) is 0 Å². The minimum atomic E-state index is -0.771. The van der Waals surface area contributed by atoms with Gasteiger partial charge >= 0.3 is 5.97 Å². The molecule has 0 radical (unpaired) electrons. The first-order valence-electron chi connectivity index (χ1n) is 12.2. The van der Waals surface area contributed by atoms with E-state index in [-0.39, 0.29) is 23.5 Å². The van der Waals surface area contributed by atoms with E-state index in [0.29, 0.717) is 31.9 Å². The molecule has 8 nitrogen and oxygen atoms in total. The number of benzene rings is 2. The van der Waals surface area contributed by atoms with Crippen LogP contribution in [0.4, 0.5) is 5.69 Å². The van der Waals surface area contributed by atoms with Crippen LogP contribution in [0.25, 0.3) is 6.08 Å². The number of aromatic hydroxyl groups is 1. The van der Waals surface area contributed by atoms with E-state index >= 15 is 0 Å². The van der Waals surface area contributed by atoms with Gasteiger partial charge in [-0.05, 0) is 52.0 Å². The molecule has 1 N–H and O–H groups in total. The molecule has 1 aliphatic rings. The van der Waals surface area contributed by atoms with Crippen molar-refractivity contribution in [2.75, 3.05) is 31.7 Å². The van der Waals surface area contributed by atoms with Crippen molar-refractivity contribution in [3.63, 3.8) is 0 Å². The van der Waals surface area contributed by atoms with E-state index in [9.17, 15) is 14.7 Å². The number of nitrogens with zero attached hydrogens (tertiary/aromatic N) is 3. The fourth-order valence-electron chi connectivity index (χ4n) is 4.56. The van der Waals surface area contributed by atoms with Gasteiger partial charge < -0.3 is 19.5 Å². The van der Waals surface area contributed by atoms with Crippen LogP contribution in [0.2, 0.25) is 0 Å². The number of hydrogen-bond donors (Lipinski definition) is 1. The van der Waals surface area contributed by atoms with Crippen molar-refractivity contribution in [3.8, 4) is 11.5 Å². The first-order chi connectivity index (χ1) is 17.8. The molecule has 194 valence electrons. The summed E-state index contributed by atoms with van der Waals surface area (Å²) in [5.74, 6) is 0.0988. The number of hydrogen-bond acceptors (Lipinski definition) is 8. The first-order valence-corrected chi connectivity index (χ1v) is 13.1. The third-order valence-corrected chi connectivity index (χ3v) is 7.36. The Morgan fingerprint density at radius 3 is 2.57 bits per heavy atom. The third-order valence-electron chi connectivity index (χ3n) is 6.38. The molecule has 1 unspecified atom stereocenters. The standard InChI is InChI=1S/C28H31N3O5S/c1-6-30(7-2)19-14-13-18(21(32)16-19)15-23-26(33)31-25(20-11-9-10-12-22(20)35-5)24(27(34)36-8-3)17(4)29-28(31)37-23/h9-16,25,32H,6-8H2,1-5H3. The number of anilines is 1. The van der Waals surface area contributed by atoms with Gasteiger partial charge in [0.05, 0.1) is 29.5 Å². The molecule has 0 fully saturated rings. The lowest BCUT2D eigenvalue weighted by atomic mass is 9.95. The highest BCUT2D eigenvalue weighted by molar-refractivity contribution is 7.07. The van der Waals surface area contributed by atoms with Crippen LogP contribution in [0.15, 0.2) is 63.5 Å². The quantitative estimate of drug-likeness (QED) is 0.457. The van der Waals surface area contributed by atoms with Gasteiger partial charge in [-0.25, -0.2) is 9.79 Å². The fourth-order valence-corrected chi connectivity index (χ4v) is 5.60. The summed E-state index contributed by atoms with van der Waals surface area (Å²) < 4.78 is 12.8. The molecule has 1 aliphatic heterocycles. The summed E-state index contributed by atoms with van der Waals surface area (Å²) in [6.07, 6.45) is 1.66. The number of carbonyl (C=O) groups is 1. The van der Waals surface area contributed by atoms with Crippen LogP contribution in [0.1, 0.15) is 44.9 Å². The second kappa shape index (κ2) is 11.0. The molecule has 0 bridgehead atoms. The van der Waals surface area contributed by atoms with Gasteiger partial charge in [-0.1, -0.05) is 29.5 Å². The van der Waals surface area contributed by atoms with Gasteiger partial charge in [0.15, 0.2) is 4.80 Å². The summed E-state index contributed by atoms with van der Waals surface area (Å²) in [7, 11) is 1.55. The Morgan fingerprint density at radius 1 is 1.19 bits per heavy atom. The summed E-state index contributed by atoms with van der Waals surface area (Å²) in [6.45, 7) is 9.42. The highest BCUT2D eigenvalue weighted by Gasteiger charge is 2.34. The topological polar surface area (TPSA) is 93.4 Å². The van der Waals surface area contributed by atoms with Crippen molar-refractivity contribution in [2.24, 2.45) is 4.99 Å². The molecule has 0 saturated heterocycles. The minimum Gasteiger partial charge on any atom is -0.507 e. The van der Waals surface area contributed by atoms with E-state index in [4.69, 9.17) is 9.47 Å². The second-order valence-electron chi connectivity index (χ2n) is 8.46. The van der Waals surface area contributed by atoms with Gasteiger partial charge in [0.25, 0.3) is 5.56 Å². The second-order valence-corrected chi connectivity index (χ2v) is 9.47. The Hall–Kier alpha value is -3.85. The van der Waals surface area contributed by atoms with Crippen molar-refractivity contribution in [1.29, 1.82) is 0 Å². The maximum Gasteiger partial charge on any atom is 0.338 e. The van der Waals surface area contributed by atoms with Crippen molar-refractivity contribution >= 4 is 29.1 Å². The highest BCUT2D eigenvalue weighted by Crippen LogP contribution is 2.35. The number of allylic oxidation sites excluding steroid dienone is 1. The number of esters is 1. The molecule has 37 heavy (non-hydrogen) atoms. The molecular weight excluding hydrogens is 490 g/mol. The molecule has 2 heterocycles. The molecule has 1 aromatic heterocycles. The normalized spacial score (nSPS) is 15.3. The molecule has 0 spiro atoms. The van der Waals surface area contributed by atoms with Crippen LogP contribution < -0.4 is 24.5 Å². The Labute approximate surface area is 219 Å². The third kappa shape index (κ3) is 4.91. The fraction of sp³-hybridized carbons (Fsp3) is 0.321. The van der Waals surface area contributed by atoms with Gasteiger partial charge in [-0.2, -0.15) is 0 Å². The summed E-state index contributed by atoms with van der Waals surface area (Å²) in [6, 6.07) is 11.9. The number of carbonyl (C=O) groups excluding carboxylic acids is 1. The van der Waals surface area contributed by atoms with Crippen LogP contribution in [-0.4, -0.2) is 42.4 Å². The number of ether oxygens (including phenoxy) is 2. The van der Waals surface area contributed by atoms with E-state index in [1.165, 1.54) is 15.9 Å². The Balaban J connectivity index is 1.92. The molecule has 1 atom stereocenters. The van der Waals surface area contributed by atoms with E-state index < -0.39 is 12.0 Å². The molecular formula is C28H31N3O5S. The van der Waals surface area contributed by atoms with Crippen LogP contribution in [0, 0.1) is 0 Å². The molecule has 0 amide bonds. The average Bonchev–Trinajstić information content (AvgIpc) is 3.19. The van der Waals surface area contributed by atoms with E-state index in [0.717, 1.165) is 18.8 Å². The lowest BCUT2D eigenvalue weighted by molar-refractivity contribution is -0.139. The number of phenols is 1. The lowest BCUT2D eigenvalue weighted by Gasteiger charge is -2.25. The average molecular weight is 522 g/mol. The van der Waals surface area contributed by atoms with Crippen LogP contribution >= 0.6 is 11.3 Å². The molecule has 9 heteroatoms. The van der Waals surface area contributed by atoms with E-state index in [2.05, 4.69) is 23.7 Å².